The lowest BCUT2D eigenvalue weighted by atomic mass is 9.73. The zero-order valence-electron chi connectivity index (χ0n) is 17.4. The maximum absolute atomic E-state index is 13.3. The molecule has 1 N–H and O–H groups in total. The number of nitrogens with zero attached hydrogens (tertiary/aromatic N) is 4. The van der Waals surface area contributed by atoms with E-state index in [9.17, 15) is 4.79 Å². The van der Waals surface area contributed by atoms with E-state index in [1.54, 1.807) is 19.5 Å². The fourth-order valence-corrected chi connectivity index (χ4v) is 3.91. The van der Waals surface area contributed by atoms with Crippen molar-refractivity contribution in [3.05, 3.63) is 65.4 Å². The van der Waals surface area contributed by atoms with Crippen LogP contribution in [0.5, 0.6) is 5.75 Å². The van der Waals surface area contributed by atoms with Gasteiger partial charge >= 0.3 is 0 Å². The molecule has 156 valence electrons. The molecule has 0 unspecified atom stereocenters. The summed E-state index contributed by atoms with van der Waals surface area (Å²) in [7, 11) is 1.64. The van der Waals surface area contributed by atoms with Crippen LogP contribution in [-0.4, -0.2) is 41.2 Å². The minimum absolute atomic E-state index is 0.0165. The molecule has 0 spiro atoms. The third kappa shape index (κ3) is 3.98. The van der Waals surface area contributed by atoms with Crippen LogP contribution in [0.15, 0.2) is 47.2 Å². The molecule has 8 heteroatoms. The quantitative estimate of drug-likeness (QED) is 0.643. The third-order valence-electron chi connectivity index (χ3n) is 5.40. The molecule has 30 heavy (non-hydrogen) atoms. The van der Waals surface area contributed by atoms with Crippen molar-refractivity contribution in [1.82, 2.24) is 20.4 Å². The molecular weight excluding hydrogens is 382 g/mol. The zero-order valence-corrected chi connectivity index (χ0v) is 17.4. The second-order valence-corrected chi connectivity index (χ2v) is 7.75. The van der Waals surface area contributed by atoms with Crippen LogP contribution in [0.4, 0.5) is 5.82 Å². The Balaban J connectivity index is 1.53. The second kappa shape index (κ2) is 8.14. The van der Waals surface area contributed by atoms with Crippen LogP contribution in [0.3, 0.4) is 0 Å². The number of anilines is 1. The third-order valence-corrected chi connectivity index (χ3v) is 5.40. The predicted molar refractivity (Wildman–Crippen MR) is 111 cm³/mol. The minimum Gasteiger partial charge on any atom is -0.497 e. The number of amides is 1. The standard InChI is InChI=1S/C22H25N5O3/c1-15-9-19(30-26-15)12-25-21(28)22(11-17-5-4-6-18(10-17)29-3)13-27(14-22)20-16(2)23-7-8-24-20/h4-10H,11-14H2,1-3H3,(H,25,28). The topological polar surface area (TPSA) is 93.4 Å². The lowest BCUT2D eigenvalue weighted by Gasteiger charge is -2.49. The highest BCUT2D eigenvalue weighted by atomic mass is 16.5. The molecule has 1 aliphatic rings. The number of carbonyl (C=O) groups excluding carboxylic acids is 1. The molecule has 8 nitrogen and oxygen atoms in total. The van der Waals surface area contributed by atoms with E-state index in [-0.39, 0.29) is 5.91 Å². The molecule has 3 heterocycles. The van der Waals surface area contributed by atoms with Crippen molar-refractivity contribution in [2.24, 2.45) is 5.41 Å². The summed E-state index contributed by atoms with van der Waals surface area (Å²) in [5.74, 6) is 2.22. The molecule has 1 saturated heterocycles. The lowest BCUT2D eigenvalue weighted by molar-refractivity contribution is -0.132. The largest absolute Gasteiger partial charge is 0.497 e. The van der Waals surface area contributed by atoms with Gasteiger partial charge in [-0.2, -0.15) is 0 Å². The Bertz CT molecular complexity index is 1040. The Morgan fingerprint density at radius 2 is 2.03 bits per heavy atom. The molecule has 0 atom stereocenters. The van der Waals surface area contributed by atoms with Crippen LogP contribution in [0, 0.1) is 19.3 Å². The predicted octanol–water partition coefficient (Wildman–Crippen LogP) is 2.46. The highest BCUT2D eigenvalue weighted by molar-refractivity contribution is 5.86. The van der Waals surface area contributed by atoms with Crippen LogP contribution in [0.2, 0.25) is 0 Å². The Morgan fingerprint density at radius 3 is 2.73 bits per heavy atom. The molecule has 1 fully saturated rings. The summed E-state index contributed by atoms with van der Waals surface area (Å²) in [5.41, 5.74) is 2.12. The first-order valence-electron chi connectivity index (χ1n) is 9.85. The molecule has 3 aromatic rings. The van der Waals surface area contributed by atoms with Crippen LogP contribution in [-0.2, 0) is 17.8 Å². The van der Waals surface area contributed by atoms with Crippen LogP contribution in [0.1, 0.15) is 22.7 Å². The molecular formula is C22H25N5O3. The number of nitrogens with one attached hydrogen (secondary N) is 1. The molecule has 0 bridgehead atoms. The fraction of sp³-hybridized carbons (Fsp3) is 0.364. The van der Waals surface area contributed by atoms with Gasteiger partial charge in [-0.05, 0) is 38.0 Å². The molecule has 0 radical (unpaired) electrons. The number of carbonyl (C=O) groups is 1. The average molecular weight is 407 g/mol. The van der Waals surface area contributed by atoms with Gasteiger partial charge in [0.05, 0.1) is 30.5 Å². The Labute approximate surface area is 175 Å². The van der Waals surface area contributed by atoms with Crippen molar-refractivity contribution < 1.29 is 14.1 Å². The van der Waals surface area contributed by atoms with Gasteiger partial charge in [0.1, 0.15) is 11.6 Å². The number of hydrogen-bond acceptors (Lipinski definition) is 7. The molecule has 2 aromatic heterocycles. The summed E-state index contributed by atoms with van der Waals surface area (Å²) < 4.78 is 10.6. The lowest BCUT2D eigenvalue weighted by Crippen LogP contribution is -2.64. The first-order valence-corrected chi connectivity index (χ1v) is 9.85. The molecule has 0 aliphatic carbocycles. The minimum atomic E-state index is -0.578. The summed E-state index contributed by atoms with van der Waals surface area (Å²) >= 11 is 0. The number of aromatic nitrogens is 3. The number of hydrogen-bond donors (Lipinski definition) is 1. The summed E-state index contributed by atoms with van der Waals surface area (Å²) in [6.45, 7) is 5.21. The molecule has 1 aliphatic heterocycles. The monoisotopic (exact) mass is 407 g/mol. The van der Waals surface area contributed by atoms with Crippen molar-refractivity contribution >= 4 is 11.7 Å². The van der Waals surface area contributed by atoms with E-state index in [4.69, 9.17) is 9.26 Å². The summed E-state index contributed by atoms with van der Waals surface area (Å²) in [5, 5.41) is 6.90. The van der Waals surface area contributed by atoms with Crippen molar-refractivity contribution in [2.75, 3.05) is 25.1 Å². The van der Waals surface area contributed by atoms with Crippen molar-refractivity contribution in [3.8, 4) is 5.75 Å². The maximum atomic E-state index is 13.3. The van der Waals surface area contributed by atoms with Gasteiger partial charge in [-0.15, -0.1) is 0 Å². The van der Waals surface area contributed by atoms with E-state index in [0.29, 0.717) is 31.8 Å². The highest BCUT2D eigenvalue weighted by Gasteiger charge is 2.50. The van der Waals surface area contributed by atoms with Crippen LogP contribution >= 0.6 is 0 Å². The molecule has 1 amide bonds. The van der Waals surface area contributed by atoms with Crippen LogP contribution < -0.4 is 15.0 Å². The van der Waals surface area contributed by atoms with E-state index in [1.807, 2.05) is 44.2 Å². The van der Waals surface area contributed by atoms with E-state index in [0.717, 1.165) is 28.5 Å². The zero-order chi connectivity index (χ0) is 21.1. The first kappa shape index (κ1) is 19.9. The van der Waals surface area contributed by atoms with Gasteiger partial charge in [-0.1, -0.05) is 17.3 Å². The number of ether oxygens (including phenoxy) is 1. The van der Waals surface area contributed by atoms with Gasteiger partial charge in [0, 0.05) is 31.5 Å². The van der Waals surface area contributed by atoms with Gasteiger partial charge in [0.25, 0.3) is 0 Å². The number of methoxy groups -OCH3 is 1. The number of aryl methyl sites for hydroxylation is 2. The van der Waals surface area contributed by atoms with E-state index >= 15 is 0 Å². The molecule has 1 aromatic carbocycles. The highest BCUT2D eigenvalue weighted by Crippen LogP contribution is 2.38. The SMILES string of the molecule is COc1cccc(CC2(C(=O)NCc3cc(C)no3)CN(c3nccnc3C)C2)c1. The van der Waals surface area contributed by atoms with E-state index in [1.165, 1.54) is 0 Å². The summed E-state index contributed by atoms with van der Waals surface area (Å²) in [4.78, 5) is 24.1. The van der Waals surface area contributed by atoms with Crippen molar-refractivity contribution in [2.45, 2.75) is 26.8 Å². The Morgan fingerprint density at radius 1 is 1.23 bits per heavy atom. The van der Waals surface area contributed by atoms with Gasteiger partial charge < -0.3 is 19.5 Å². The average Bonchev–Trinajstić information content (AvgIpc) is 3.14. The maximum Gasteiger partial charge on any atom is 0.230 e. The van der Waals surface area contributed by atoms with Gasteiger partial charge in [-0.25, -0.2) is 4.98 Å². The van der Waals surface area contributed by atoms with Crippen LogP contribution in [0.25, 0.3) is 0 Å². The van der Waals surface area contributed by atoms with Crippen molar-refractivity contribution in [1.29, 1.82) is 0 Å². The molecule has 0 saturated carbocycles. The smallest absolute Gasteiger partial charge is 0.230 e. The van der Waals surface area contributed by atoms with Gasteiger partial charge in [0.2, 0.25) is 5.91 Å². The Hall–Kier alpha value is -3.42. The first-order chi connectivity index (χ1) is 14.5. The van der Waals surface area contributed by atoms with E-state index < -0.39 is 5.41 Å². The number of rotatable bonds is 7. The van der Waals surface area contributed by atoms with E-state index in [2.05, 4.69) is 25.3 Å². The van der Waals surface area contributed by atoms with Crippen molar-refractivity contribution in [3.63, 3.8) is 0 Å². The molecule has 4 rings (SSSR count). The second-order valence-electron chi connectivity index (χ2n) is 7.75. The number of benzene rings is 1. The fourth-order valence-electron chi connectivity index (χ4n) is 3.91. The summed E-state index contributed by atoms with van der Waals surface area (Å²) in [6, 6.07) is 9.67. The summed E-state index contributed by atoms with van der Waals surface area (Å²) in [6.07, 6.45) is 3.95. The normalized spacial score (nSPS) is 14.8. The van der Waals surface area contributed by atoms with Gasteiger partial charge in [0.15, 0.2) is 5.76 Å². The van der Waals surface area contributed by atoms with Gasteiger partial charge in [-0.3, -0.25) is 9.78 Å². The Kier molecular flexibility index (Phi) is 5.39.